The van der Waals surface area contributed by atoms with E-state index in [2.05, 4.69) is 15.3 Å². The molecule has 7 nitrogen and oxygen atoms in total. The number of hydrogen-bond acceptors (Lipinski definition) is 5. The van der Waals surface area contributed by atoms with Gasteiger partial charge in [0.25, 0.3) is 5.69 Å². The molecule has 0 unspecified atom stereocenters. The first-order valence-electron chi connectivity index (χ1n) is 7.44. The van der Waals surface area contributed by atoms with Crippen molar-refractivity contribution in [3.63, 3.8) is 0 Å². The molecular formula is C17H12FN5O2S. The summed E-state index contributed by atoms with van der Waals surface area (Å²) in [6.45, 7) is 0. The molecule has 2 aromatic carbocycles. The first-order chi connectivity index (χ1) is 12.6. The summed E-state index contributed by atoms with van der Waals surface area (Å²) < 4.78 is 14.7. The predicted molar refractivity (Wildman–Crippen MR) is 98.8 cm³/mol. The van der Waals surface area contributed by atoms with Crippen molar-refractivity contribution in [2.24, 2.45) is 5.10 Å². The molecule has 1 heterocycles. The maximum atomic E-state index is 13.1. The van der Waals surface area contributed by atoms with Gasteiger partial charge in [-0.3, -0.25) is 10.1 Å². The molecule has 1 N–H and O–H groups in total. The van der Waals surface area contributed by atoms with Crippen LogP contribution >= 0.6 is 12.2 Å². The number of aromatic amines is 1. The van der Waals surface area contributed by atoms with E-state index in [1.807, 2.05) is 0 Å². The van der Waals surface area contributed by atoms with Gasteiger partial charge in [-0.2, -0.15) is 14.9 Å². The van der Waals surface area contributed by atoms with Gasteiger partial charge in [0.05, 0.1) is 10.5 Å². The fraction of sp³-hybridized carbons (Fsp3) is 0. The number of allylic oxidation sites excluding steroid dienone is 1. The molecule has 9 heteroatoms. The molecular weight excluding hydrogens is 357 g/mol. The number of benzene rings is 2. The number of nitro groups is 1. The lowest BCUT2D eigenvalue weighted by atomic mass is 10.2. The fourth-order valence-corrected chi connectivity index (χ4v) is 2.41. The summed E-state index contributed by atoms with van der Waals surface area (Å²) in [5, 5.41) is 21.9. The molecule has 0 saturated carbocycles. The van der Waals surface area contributed by atoms with E-state index < -0.39 is 4.92 Å². The molecule has 26 heavy (non-hydrogen) atoms. The van der Waals surface area contributed by atoms with Crippen LogP contribution in [0.3, 0.4) is 0 Å². The minimum atomic E-state index is -0.449. The average molecular weight is 369 g/mol. The zero-order valence-corrected chi connectivity index (χ0v) is 14.1. The third-order valence-electron chi connectivity index (χ3n) is 3.43. The Morgan fingerprint density at radius 3 is 2.69 bits per heavy atom. The van der Waals surface area contributed by atoms with Crippen LogP contribution < -0.4 is 0 Å². The number of nitrogens with one attached hydrogen (secondary N) is 1. The number of nitrogens with zero attached hydrogens (tertiary/aromatic N) is 4. The standard InChI is InChI=1S/C17H12FN5O2S/c18-14-9-7-13(8-10-14)16-20-21-17(26)22(16)19-11-3-5-12-4-1-2-6-15(12)23(24)25/h1-11H,(H,21,26)/b5-3+,19-11+. The molecule has 0 fully saturated rings. The lowest BCUT2D eigenvalue weighted by Gasteiger charge is -2.00. The smallest absolute Gasteiger partial charge is 0.258 e. The maximum absolute atomic E-state index is 13.1. The van der Waals surface area contributed by atoms with Crippen LogP contribution in [0, 0.1) is 20.7 Å². The zero-order valence-electron chi connectivity index (χ0n) is 13.2. The molecule has 1 aromatic heterocycles. The van der Waals surface area contributed by atoms with Gasteiger partial charge in [0.1, 0.15) is 5.82 Å². The highest BCUT2D eigenvalue weighted by molar-refractivity contribution is 7.71. The summed E-state index contributed by atoms with van der Waals surface area (Å²) in [5.41, 5.74) is 1.10. The van der Waals surface area contributed by atoms with Gasteiger partial charge in [0, 0.05) is 17.8 Å². The monoisotopic (exact) mass is 369 g/mol. The van der Waals surface area contributed by atoms with Crippen molar-refractivity contribution in [2.75, 3.05) is 0 Å². The molecule has 3 rings (SSSR count). The Morgan fingerprint density at radius 2 is 1.96 bits per heavy atom. The van der Waals surface area contributed by atoms with Gasteiger partial charge in [-0.05, 0) is 54.7 Å². The van der Waals surface area contributed by atoms with E-state index in [0.717, 1.165) is 0 Å². The fourth-order valence-electron chi connectivity index (χ4n) is 2.23. The highest BCUT2D eigenvalue weighted by Crippen LogP contribution is 2.19. The average Bonchev–Trinajstić information content (AvgIpc) is 3.00. The number of halogens is 1. The number of hydrogen-bond donors (Lipinski definition) is 1. The van der Waals surface area contributed by atoms with E-state index in [-0.39, 0.29) is 16.3 Å². The van der Waals surface area contributed by atoms with Gasteiger partial charge in [0.15, 0.2) is 5.82 Å². The minimum Gasteiger partial charge on any atom is -0.258 e. The van der Waals surface area contributed by atoms with E-state index in [4.69, 9.17) is 12.2 Å². The second-order valence-corrected chi connectivity index (χ2v) is 5.50. The van der Waals surface area contributed by atoms with Crippen molar-refractivity contribution in [2.45, 2.75) is 0 Å². The number of H-pyrrole nitrogens is 1. The van der Waals surface area contributed by atoms with Crippen LogP contribution in [0.15, 0.2) is 59.7 Å². The van der Waals surface area contributed by atoms with Gasteiger partial charge in [0.2, 0.25) is 4.77 Å². The van der Waals surface area contributed by atoms with Crippen molar-refractivity contribution >= 4 is 30.2 Å². The number of aromatic nitrogens is 3. The quantitative estimate of drug-likeness (QED) is 0.316. The van der Waals surface area contributed by atoms with Gasteiger partial charge in [-0.25, -0.2) is 9.49 Å². The maximum Gasteiger partial charge on any atom is 0.276 e. The Bertz CT molecular complexity index is 1050. The third kappa shape index (κ3) is 3.78. The van der Waals surface area contributed by atoms with Crippen molar-refractivity contribution in [3.05, 3.63) is 80.9 Å². The lowest BCUT2D eigenvalue weighted by molar-refractivity contribution is -0.385. The molecule has 3 aromatic rings. The predicted octanol–water partition coefficient (Wildman–Crippen LogP) is 4.20. The van der Waals surface area contributed by atoms with Crippen molar-refractivity contribution in [3.8, 4) is 11.4 Å². The van der Waals surface area contributed by atoms with Crippen molar-refractivity contribution in [1.29, 1.82) is 0 Å². The molecule has 0 spiro atoms. The second-order valence-electron chi connectivity index (χ2n) is 5.11. The lowest BCUT2D eigenvalue weighted by Crippen LogP contribution is -1.94. The van der Waals surface area contributed by atoms with E-state index in [0.29, 0.717) is 17.0 Å². The Kier molecular flexibility index (Phi) is 5.09. The Balaban J connectivity index is 1.86. The number of para-hydroxylation sites is 1. The molecule has 0 bridgehead atoms. The van der Waals surface area contributed by atoms with E-state index in [9.17, 15) is 14.5 Å². The molecule has 0 aliphatic rings. The van der Waals surface area contributed by atoms with E-state index in [1.165, 1.54) is 29.1 Å². The highest BCUT2D eigenvalue weighted by atomic mass is 32.1. The molecule has 0 aliphatic carbocycles. The van der Waals surface area contributed by atoms with Crippen LogP contribution in [0.4, 0.5) is 10.1 Å². The first kappa shape index (κ1) is 17.4. The molecule has 0 saturated heterocycles. The van der Waals surface area contributed by atoms with Crippen molar-refractivity contribution in [1.82, 2.24) is 14.9 Å². The molecule has 130 valence electrons. The summed E-state index contributed by atoms with van der Waals surface area (Å²) in [6, 6.07) is 12.1. The molecule has 0 amide bonds. The van der Waals surface area contributed by atoms with E-state index >= 15 is 0 Å². The Morgan fingerprint density at radius 1 is 1.23 bits per heavy atom. The van der Waals surface area contributed by atoms with Crippen LogP contribution in [0.25, 0.3) is 17.5 Å². The second kappa shape index (κ2) is 7.62. The Labute approximate surface area is 152 Å². The first-order valence-corrected chi connectivity index (χ1v) is 7.85. The normalized spacial score (nSPS) is 11.4. The minimum absolute atomic E-state index is 0.00377. The van der Waals surface area contributed by atoms with Crippen LogP contribution in [0.2, 0.25) is 0 Å². The van der Waals surface area contributed by atoms with Crippen LogP contribution in [0.5, 0.6) is 0 Å². The van der Waals surface area contributed by atoms with Gasteiger partial charge in [-0.15, -0.1) is 0 Å². The van der Waals surface area contributed by atoms with Gasteiger partial charge >= 0.3 is 0 Å². The van der Waals surface area contributed by atoms with E-state index in [1.54, 1.807) is 42.5 Å². The van der Waals surface area contributed by atoms with Crippen LogP contribution in [-0.2, 0) is 0 Å². The van der Waals surface area contributed by atoms with Crippen molar-refractivity contribution < 1.29 is 9.31 Å². The Hall–Kier alpha value is -3.46. The van der Waals surface area contributed by atoms with Gasteiger partial charge in [-0.1, -0.05) is 12.1 Å². The number of rotatable bonds is 5. The van der Waals surface area contributed by atoms with Crippen LogP contribution in [-0.4, -0.2) is 26.0 Å². The molecule has 0 aliphatic heterocycles. The molecule has 0 radical (unpaired) electrons. The largest absolute Gasteiger partial charge is 0.276 e. The summed E-state index contributed by atoms with van der Waals surface area (Å²) in [5.74, 6) is 0.0654. The summed E-state index contributed by atoms with van der Waals surface area (Å²) in [7, 11) is 0. The summed E-state index contributed by atoms with van der Waals surface area (Å²) >= 11 is 5.14. The van der Waals surface area contributed by atoms with Gasteiger partial charge < -0.3 is 0 Å². The van der Waals surface area contributed by atoms with Crippen LogP contribution in [0.1, 0.15) is 5.56 Å². The number of nitro benzene ring substituents is 1. The highest BCUT2D eigenvalue weighted by Gasteiger charge is 2.09. The SMILES string of the molecule is O=[N+]([O-])c1ccccc1/C=C/C=N/n1c(-c2ccc(F)cc2)n[nH]c1=S. The zero-order chi connectivity index (χ0) is 18.5. The molecule has 0 atom stereocenters. The summed E-state index contributed by atoms with van der Waals surface area (Å²) in [4.78, 5) is 10.5. The topological polar surface area (TPSA) is 89.1 Å². The third-order valence-corrected chi connectivity index (χ3v) is 3.69. The summed E-state index contributed by atoms with van der Waals surface area (Å²) in [6.07, 6.45) is 4.57.